The zero-order valence-corrected chi connectivity index (χ0v) is 10.4. The van der Waals surface area contributed by atoms with Crippen molar-refractivity contribution in [2.45, 2.75) is 29.9 Å². The van der Waals surface area contributed by atoms with Crippen LogP contribution in [0.1, 0.15) is 33.6 Å². The molecule has 0 aromatic carbocycles. The van der Waals surface area contributed by atoms with E-state index < -0.39 is 15.8 Å². The second-order valence-corrected chi connectivity index (χ2v) is 7.19. The van der Waals surface area contributed by atoms with Crippen LogP contribution in [0.4, 0.5) is 0 Å². The van der Waals surface area contributed by atoms with Gasteiger partial charge in [-0.1, -0.05) is 0 Å². The SMILES string of the molecule is CS(=O)(=O)c1sc(C(=O)O)c2c1CCCC2. The Bertz CT molecular complexity index is 539. The second kappa shape index (κ2) is 3.85. The molecule has 0 saturated heterocycles. The average molecular weight is 260 g/mol. The van der Waals surface area contributed by atoms with Crippen molar-refractivity contribution in [1.82, 2.24) is 0 Å². The fourth-order valence-corrected chi connectivity index (χ4v) is 4.57. The van der Waals surface area contributed by atoms with Gasteiger partial charge in [-0.3, -0.25) is 0 Å². The Labute approximate surface area is 97.8 Å². The number of carbonyl (C=O) groups is 1. The Hall–Kier alpha value is -0.880. The van der Waals surface area contributed by atoms with Crippen molar-refractivity contribution in [1.29, 1.82) is 0 Å². The van der Waals surface area contributed by atoms with E-state index >= 15 is 0 Å². The fraction of sp³-hybridized carbons (Fsp3) is 0.500. The van der Waals surface area contributed by atoms with Crippen molar-refractivity contribution >= 4 is 27.1 Å². The van der Waals surface area contributed by atoms with Gasteiger partial charge in [-0.25, -0.2) is 13.2 Å². The molecule has 1 aromatic heterocycles. The fourth-order valence-electron chi connectivity index (χ4n) is 2.07. The average Bonchev–Trinajstić information content (AvgIpc) is 2.56. The van der Waals surface area contributed by atoms with E-state index in [9.17, 15) is 13.2 Å². The van der Waals surface area contributed by atoms with Crippen LogP contribution in [0.5, 0.6) is 0 Å². The molecule has 0 amide bonds. The predicted molar refractivity (Wildman–Crippen MR) is 61.0 cm³/mol. The van der Waals surface area contributed by atoms with E-state index in [1.165, 1.54) is 0 Å². The molecule has 0 saturated carbocycles. The minimum Gasteiger partial charge on any atom is -0.477 e. The maximum Gasteiger partial charge on any atom is 0.346 e. The van der Waals surface area contributed by atoms with Crippen LogP contribution in [0, 0.1) is 0 Å². The molecule has 0 atom stereocenters. The third-order valence-corrected chi connectivity index (χ3v) is 5.85. The molecule has 0 radical (unpaired) electrons. The van der Waals surface area contributed by atoms with E-state index in [2.05, 4.69) is 0 Å². The number of hydrogen-bond donors (Lipinski definition) is 1. The third-order valence-electron chi connectivity index (χ3n) is 2.71. The van der Waals surface area contributed by atoms with Crippen LogP contribution in [-0.2, 0) is 22.7 Å². The van der Waals surface area contributed by atoms with Crippen LogP contribution < -0.4 is 0 Å². The first-order valence-electron chi connectivity index (χ1n) is 4.99. The van der Waals surface area contributed by atoms with E-state index in [4.69, 9.17) is 5.11 Å². The van der Waals surface area contributed by atoms with Crippen molar-refractivity contribution in [3.63, 3.8) is 0 Å². The summed E-state index contributed by atoms with van der Waals surface area (Å²) in [7, 11) is -3.30. The number of hydrogen-bond acceptors (Lipinski definition) is 4. The molecule has 0 bridgehead atoms. The quantitative estimate of drug-likeness (QED) is 0.879. The van der Waals surface area contributed by atoms with Gasteiger partial charge >= 0.3 is 5.97 Å². The molecule has 16 heavy (non-hydrogen) atoms. The number of rotatable bonds is 2. The van der Waals surface area contributed by atoms with Gasteiger partial charge in [0, 0.05) is 6.26 Å². The molecule has 2 rings (SSSR count). The molecule has 1 aliphatic carbocycles. The maximum atomic E-state index is 11.6. The molecule has 6 heteroatoms. The van der Waals surface area contributed by atoms with Gasteiger partial charge < -0.3 is 5.11 Å². The van der Waals surface area contributed by atoms with Crippen LogP contribution in [-0.4, -0.2) is 25.7 Å². The molecular formula is C10H12O4S2. The molecule has 88 valence electrons. The number of carboxylic acids is 1. The molecule has 1 N–H and O–H groups in total. The van der Waals surface area contributed by atoms with E-state index in [0.29, 0.717) is 12.8 Å². The first-order valence-corrected chi connectivity index (χ1v) is 7.70. The zero-order valence-electron chi connectivity index (χ0n) is 8.82. The van der Waals surface area contributed by atoms with E-state index in [0.717, 1.165) is 41.6 Å². The highest BCUT2D eigenvalue weighted by Crippen LogP contribution is 2.37. The van der Waals surface area contributed by atoms with Gasteiger partial charge in [0.1, 0.15) is 9.09 Å². The van der Waals surface area contributed by atoms with Gasteiger partial charge in [0.25, 0.3) is 0 Å². The van der Waals surface area contributed by atoms with Gasteiger partial charge in [0.15, 0.2) is 9.84 Å². The first kappa shape index (κ1) is 11.6. The maximum absolute atomic E-state index is 11.6. The molecule has 0 spiro atoms. The molecule has 0 fully saturated rings. The minimum absolute atomic E-state index is 0.204. The summed E-state index contributed by atoms with van der Waals surface area (Å²) in [6.07, 6.45) is 4.38. The summed E-state index contributed by atoms with van der Waals surface area (Å²) in [5.41, 5.74) is 1.49. The summed E-state index contributed by atoms with van der Waals surface area (Å²) in [5.74, 6) is -1.02. The molecule has 1 aromatic rings. The summed E-state index contributed by atoms with van der Waals surface area (Å²) in [6, 6.07) is 0. The van der Waals surface area contributed by atoms with Crippen molar-refractivity contribution < 1.29 is 18.3 Å². The third kappa shape index (κ3) is 1.87. The number of fused-ring (bicyclic) bond motifs is 1. The van der Waals surface area contributed by atoms with Gasteiger partial charge in [0.2, 0.25) is 0 Å². The highest BCUT2D eigenvalue weighted by molar-refractivity contribution is 7.92. The van der Waals surface area contributed by atoms with Gasteiger partial charge in [0.05, 0.1) is 0 Å². The van der Waals surface area contributed by atoms with Gasteiger partial charge in [-0.05, 0) is 36.8 Å². The van der Waals surface area contributed by atoms with Crippen molar-refractivity contribution in [3.05, 3.63) is 16.0 Å². The smallest absolute Gasteiger partial charge is 0.346 e. The van der Waals surface area contributed by atoms with E-state index in [1.54, 1.807) is 0 Å². The largest absolute Gasteiger partial charge is 0.477 e. The molecule has 4 nitrogen and oxygen atoms in total. The zero-order chi connectivity index (χ0) is 11.9. The van der Waals surface area contributed by atoms with Crippen LogP contribution in [0.2, 0.25) is 0 Å². The van der Waals surface area contributed by atoms with Crippen molar-refractivity contribution in [2.24, 2.45) is 0 Å². The van der Waals surface area contributed by atoms with Gasteiger partial charge in [-0.15, -0.1) is 11.3 Å². The van der Waals surface area contributed by atoms with E-state index in [1.807, 2.05) is 0 Å². The summed E-state index contributed by atoms with van der Waals surface area (Å²) in [5, 5.41) is 9.04. The Morgan fingerprint density at radius 3 is 2.31 bits per heavy atom. The molecule has 1 heterocycles. The van der Waals surface area contributed by atoms with Crippen LogP contribution in [0.25, 0.3) is 0 Å². The lowest BCUT2D eigenvalue weighted by Gasteiger charge is -2.12. The summed E-state index contributed by atoms with van der Waals surface area (Å²) < 4.78 is 23.4. The highest BCUT2D eigenvalue weighted by Gasteiger charge is 2.28. The predicted octanol–water partition coefficient (Wildman–Crippen LogP) is 1.73. The van der Waals surface area contributed by atoms with Crippen LogP contribution in [0.3, 0.4) is 0 Å². The Morgan fingerprint density at radius 2 is 1.81 bits per heavy atom. The lowest BCUT2D eigenvalue weighted by atomic mass is 9.94. The Morgan fingerprint density at radius 1 is 1.25 bits per heavy atom. The topological polar surface area (TPSA) is 71.4 Å². The summed E-state index contributed by atoms with van der Waals surface area (Å²) in [6.45, 7) is 0. The number of thiophene rings is 1. The number of carboxylic acid groups (broad SMARTS) is 1. The summed E-state index contributed by atoms with van der Waals surface area (Å²) in [4.78, 5) is 11.2. The minimum atomic E-state index is -3.30. The van der Waals surface area contributed by atoms with Crippen molar-refractivity contribution in [3.8, 4) is 0 Å². The number of sulfone groups is 1. The van der Waals surface area contributed by atoms with Crippen LogP contribution >= 0.6 is 11.3 Å². The highest BCUT2D eigenvalue weighted by atomic mass is 32.2. The lowest BCUT2D eigenvalue weighted by molar-refractivity contribution is 0.0701. The van der Waals surface area contributed by atoms with Gasteiger partial charge in [-0.2, -0.15) is 0 Å². The first-order chi connectivity index (χ1) is 7.41. The van der Waals surface area contributed by atoms with Crippen molar-refractivity contribution in [2.75, 3.05) is 6.26 Å². The Balaban J connectivity index is 2.69. The van der Waals surface area contributed by atoms with E-state index in [-0.39, 0.29) is 9.09 Å². The molecule has 0 aliphatic heterocycles. The monoisotopic (exact) mass is 260 g/mol. The number of aromatic carboxylic acids is 1. The van der Waals surface area contributed by atoms with Crippen LogP contribution in [0.15, 0.2) is 4.21 Å². The second-order valence-electron chi connectivity index (χ2n) is 3.96. The standard InChI is InChI=1S/C10H12O4S2/c1-16(13,14)10-7-5-3-2-4-6(7)8(15-10)9(11)12/h2-5H2,1H3,(H,11,12). The molecular weight excluding hydrogens is 248 g/mol. The Kier molecular flexibility index (Phi) is 2.79. The molecule has 0 unspecified atom stereocenters. The lowest BCUT2D eigenvalue weighted by Crippen LogP contribution is -2.07. The normalized spacial score (nSPS) is 15.8. The molecule has 1 aliphatic rings. The summed E-state index contributed by atoms with van der Waals surface area (Å²) >= 11 is 0.903.